The van der Waals surface area contributed by atoms with Crippen molar-refractivity contribution >= 4 is 21.8 Å². The van der Waals surface area contributed by atoms with Crippen molar-refractivity contribution in [3.05, 3.63) is 82.0 Å². The normalized spacial score (nSPS) is 10.3. The predicted molar refractivity (Wildman–Crippen MR) is 98.8 cm³/mol. The Morgan fingerprint density at radius 1 is 1.16 bits per heavy atom. The number of halogens is 1. The van der Waals surface area contributed by atoms with Crippen LogP contribution in [0.1, 0.15) is 21.7 Å². The minimum atomic E-state index is -0.154. The van der Waals surface area contributed by atoms with E-state index in [1.807, 2.05) is 42.5 Å². The number of hydrogen-bond acceptors (Lipinski definition) is 3. The summed E-state index contributed by atoms with van der Waals surface area (Å²) in [6, 6.07) is 20.3. The Kier molecular flexibility index (Phi) is 5.01. The second-order valence-corrected chi connectivity index (χ2v) is 6.54. The van der Waals surface area contributed by atoms with Crippen LogP contribution in [-0.4, -0.2) is 17.9 Å². The number of benzene rings is 2. The van der Waals surface area contributed by atoms with E-state index in [2.05, 4.69) is 15.9 Å². The van der Waals surface area contributed by atoms with Crippen LogP contribution in [-0.2, 0) is 6.54 Å². The summed E-state index contributed by atoms with van der Waals surface area (Å²) < 4.78 is 6.86. The van der Waals surface area contributed by atoms with Crippen LogP contribution in [0.3, 0.4) is 0 Å². The van der Waals surface area contributed by atoms with Gasteiger partial charge in [-0.3, -0.25) is 4.79 Å². The predicted octanol–water partition coefficient (Wildman–Crippen LogP) is 4.85. The lowest BCUT2D eigenvalue weighted by Crippen LogP contribution is -2.26. The highest BCUT2D eigenvalue weighted by Crippen LogP contribution is 2.24. The minimum absolute atomic E-state index is 0.154. The zero-order valence-corrected chi connectivity index (χ0v) is 15.2. The Bertz CT molecular complexity index is 939. The Hall–Kier alpha value is -2.84. The molecule has 0 saturated carbocycles. The third-order valence-corrected chi connectivity index (χ3v) is 4.30. The fraction of sp³-hybridized carbons (Fsp3) is 0.100. The summed E-state index contributed by atoms with van der Waals surface area (Å²) in [6.07, 6.45) is 0. The largest absolute Gasteiger partial charge is 0.459 e. The summed E-state index contributed by atoms with van der Waals surface area (Å²) in [7, 11) is 1.71. The van der Waals surface area contributed by atoms with Crippen molar-refractivity contribution in [3.8, 4) is 17.4 Å². The Morgan fingerprint density at radius 2 is 1.92 bits per heavy atom. The van der Waals surface area contributed by atoms with Gasteiger partial charge in [-0.05, 0) is 42.5 Å². The lowest BCUT2D eigenvalue weighted by Gasteiger charge is -2.15. The summed E-state index contributed by atoms with van der Waals surface area (Å²) in [6.45, 7) is 0.353. The van der Waals surface area contributed by atoms with Crippen molar-refractivity contribution in [3.63, 3.8) is 0 Å². The smallest absolute Gasteiger partial charge is 0.254 e. The van der Waals surface area contributed by atoms with Crippen molar-refractivity contribution in [1.82, 2.24) is 4.90 Å². The number of furan rings is 1. The average Bonchev–Trinajstić information content (AvgIpc) is 3.10. The second kappa shape index (κ2) is 7.37. The first-order valence-corrected chi connectivity index (χ1v) is 8.46. The van der Waals surface area contributed by atoms with E-state index in [4.69, 9.17) is 9.68 Å². The number of carbonyl (C=O) groups is 1. The van der Waals surface area contributed by atoms with Gasteiger partial charge in [0.15, 0.2) is 0 Å². The van der Waals surface area contributed by atoms with Gasteiger partial charge in [0, 0.05) is 22.6 Å². The average molecular weight is 395 g/mol. The van der Waals surface area contributed by atoms with E-state index in [9.17, 15) is 4.79 Å². The van der Waals surface area contributed by atoms with Crippen LogP contribution in [0.5, 0.6) is 0 Å². The highest BCUT2D eigenvalue weighted by atomic mass is 79.9. The highest BCUT2D eigenvalue weighted by molar-refractivity contribution is 9.10. The number of carbonyl (C=O) groups excluding carboxylic acids is 1. The standard InChI is InChI=1S/C20H15BrN2O2/c1-23(20(24)16-4-2-3-14(11-16)12-22)13-18-9-10-19(25-18)15-5-7-17(21)8-6-15/h2-11H,13H2,1H3. The molecule has 3 aromatic rings. The molecule has 0 radical (unpaired) electrons. The zero-order valence-electron chi connectivity index (χ0n) is 13.6. The number of rotatable bonds is 4. The van der Waals surface area contributed by atoms with Crippen LogP contribution in [0.15, 0.2) is 69.6 Å². The number of nitrogens with zero attached hydrogens (tertiary/aromatic N) is 2. The van der Waals surface area contributed by atoms with Crippen molar-refractivity contribution in [2.45, 2.75) is 6.54 Å². The van der Waals surface area contributed by atoms with Gasteiger partial charge in [0.25, 0.3) is 5.91 Å². The molecule has 1 amide bonds. The molecule has 1 heterocycles. The molecule has 3 rings (SSSR count). The molecule has 0 aliphatic carbocycles. The molecule has 1 aromatic heterocycles. The van der Waals surface area contributed by atoms with Crippen LogP contribution in [0.25, 0.3) is 11.3 Å². The molecule has 4 nitrogen and oxygen atoms in total. The molecular formula is C20H15BrN2O2. The SMILES string of the molecule is CN(Cc1ccc(-c2ccc(Br)cc2)o1)C(=O)c1cccc(C#N)c1. The molecule has 0 unspecified atom stereocenters. The fourth-order valence-corrected chi connectivity index (χ4v) is 2.74. The maximum atomic E-state index is 12.5. The molecule has 2 aromatic carbocycles. The number of hydrogen-bond donors (Lipinski definition) is 0. The Labute approximate surface area is 154 Å². The molecule has 0 aliphatic heterocycles. The van der Waals surface area contributed by atoms with Gasteiger partial charge in [0.05, 0.1) is 18.2 Å². The molecule has 0 bridgehead atoms. The molecule has 0 N–H and O–H groups in total. The van der Waals surface area contributed by atoms with E-state index in [0.717, 1.165) is 15.8 Å². The van der Waals surface area contributed by atoms with Crippen LogP contribution >= 0.6 is 15.9 Å². The van der Waals surface area contributed by atoms with Gasteiger partial charge < -0.3 is 9.32 Å². The van der Waals surface area contributed by atoms with E-state index in [0.29, 0.717) is 23.4 Å². The van der Waals surface area contributed by atoms with E-state index in [1.54, 1.807) is 36.2 Å². The van der Waals surface area contributed by atoms with E-state index in [-0.39, 0.29) is 5.91 Å². The summed E-state index contributed by atoms with van der Waals surface area (Å²) >= 11 is 3.41. The highest BCUT2D eigenvalue weighted by Gasteiger charge is 2.14. The van der Waals surface area contributed by atoms with Gasteiger partial charge in [0.2, 0.25) is 0 Å². The third kappa shape index (κ3) is 3.98. The quantitative estimate of drug-likeness (QED) is 0.635. The number of amides is 1. The van der Waals surface area contributed by atoms with Crippen molar-refractivity contribution in [2.24, 2.45) is 0 Å². The summed E-state index contributed by atoms with van der Waals surface area (Å²) in [5, 5.41) is 8.95. The Balaban J connectivity index is 1.73. The van der Waals surface area contributed by atoms with Crippen molar-refractivity contribution in [1.29, 1.82) is 5.26 Å². The van der Waals surface area contributed by atoms with Gasteiger partial charge in [-0.2, -0.15) is 5.26 Å². The van der Waals surface area contributed by atoms with Gasteiger partial charge in [-0.25, -0.2) is 0 Å². The van der Waals surface area contributed by atoms with Crippen LogP contribution < -0.4 is 0 Å². The third-order valence-electron chi connectivity index (χ3n) is 3.77. The van der Waals surface area contributed by atoms with E-state index < -0.39 is 0 Å². The van der Waals surface area contributed by atoms with Crippen LogP contribution in [0.4, 0.5) is 0 Å². The lowest BCUT2D eigenvalue weighted by molar-refractivity contribution is 0.0775. The first-order valence-electron chi connectivity index (χ1n) is 7.67. The molecule has 5 heteroatoms. The summed E-state index contributed by atoms with van der Waals surface area (Å²) in [4.78, 5) is 14.1. The molecular weight excluding hydrogens is 380 g/mol. The zero-order chi connectivity index (χ0) is 17.8. The Morgan fingerprint density at radius 3 is 2.64 bits per heavy atom. The molecule has 25 heavy (non-hydrogen) atoms. The second-order valence-electron chi connectivity index (χ2n) is 5.63. The van der Waals surface area contributed by atoms with Gasteiger partial charge in [-0.1, -0.05) is 34.1 Å². The molecule has 0 fully saturated rings. The van der Waals surface area contributed by atoms with Crippen LogP contribution in [0, 0.1) is 11.3 Å². The van der Waals surface area contributed by atoms with Crippen molar-refractivity contribution < 1.29 is 9.21 Å². The number of nitriles is 1. The van der Waals surface area contributed by atoms with E-state index >= 15 is 0 Å². The first-order chi connectivity index (χ1) is 12.1. The van der Waals surface area contributed by atoms with Gasteiger partial charge in [-0.15, -0.1) is 0 Å². The van der Waals surface area contributed by atoms with Gasteiger partial charge in [0.1, 0.15) is 11.5 Å². The molecule has 0 aliphatic rings. The monoisotopic (exact) mass is 394 g/mol. The summed E-state index contributed by atoms with van der Waals surface area (Å²) in [5.74, 6) is 1.30. The topological polar surface area (TPSA) is 57.2 Å². The molecule has 124 valence electrons. The maximum Gasteiger partial charge on any atom is 0.254 e. The van der Waals surface area contributed by atoms with E-state index in [1.165, 1.54) is 0 Å². The lowest BCUT2D eigenvalue weighted by atomic mass is 10.1. The molecule has 0 spiro atoms. The molecule has 0 saturated heterocycles. The fourth-order valence-electron chi connectivity index (χ4n) is 2.48. The van der Waals surface area contributed by atoms with Crippen molar-refractivity contribution in [2.75, 3.05) is 7.05 Å². The van der Waals surface area contributed by atoms with Crippen LogP contribution in [0.2, 0.25) is 0 Å². The minimum Gasteiger partial charge on any atom is -0.459 e. The molecule has 0 atom stereocenters. The van der Waals surface area contributed by atoms with Gasteiger partial charge >= 0.3 is 0 Å². The first kappa shape index (κ1) is 17.0. The summed E-state index contributed by atoms with van der Waals surface area (Å²) in [5.41, 5.74) is 1.93. The maximum absolute atomic E-state index is 12.5.